The largest absolute Gasteiger partial charge is 0.302 e. The zero-order valence-electron chi connectivity index (χ0n) is 10.7. The molecule has 1 nitrogen and oxygen atoms in total. The van der Waals surface area contributed by atoms with Crippen molar-refractivity contribution >= 4 is 34.3 Å². The Morgan fingerprint density at radius 2 is 2.11 bits per heavy atom. The average molecular weight is 300 g/mol. The highest BCUT2D eigenvalue weighted by Gasteiger charge is 2.16. The second-order valence-corrected chi connectivity index (χ2v) is 7.11. The van der Waals surface area contributed by atoms with Gasteiger partial charge in [0, 0.05) is 21.8 Å². The molecule has 98 valence electrons. The molecule has 4 heteroatoms. The van der Waals surface area contributed by atoms with E-state index in [0.29, 0.717) is 12.1 Å². The van der Waals surface area contributed by atoms with Gasteiger partial charge >= 0.3 is 0 Å². The van der Waals surface area contributed by atoms with E-state index in [-0.39, 0.29) is 0 Å². The van der Waals surface area contributed by atoms with Crippen LogP contribution >= 0.6 is 34.3 Å². The molecule has 2 atom stereocenters. The third-order valence-electron chi connectivity index (χ3n) is 2.94. The third kappa shape index (κ3) is 3.58. The predicted octanol–water partition coefficient (Wildman–Crippen LogP) is 5.66. The zero-order valence-corrected chi connectivity index (χ0v) is 13.0. The Morgan fingerprint density at radius 3 is 2.67 bits per heavy atom. The van der Waals surface area contributed by atoms with Gasteiger partial charge in [-0.3, -0.25) is 0 Å². The van der Waals surface area contributed by atoms with E-state index in [2.05, 4.69) is 42.7 Å². The SMILES string of the molecule is CCCC(NC(C)c1ccc(Cl)s1)c1cccs1. The molecule has 0 saturated heterocycles. The number of hydrogen-bond donors (Lipinski definition) is 1. The first-order valence-corrected chi connectivity index (χ1v) is 8.32. The summed E-state index contributed by atoms with van der Waals surface area (Å²) in [4.78, 5) is 2.73. The van der Waals surface area contributed by atoms with Crippen LogP contribution in [0.25, 0.3) is 0 Å². The lowest BCUT2D eigenvalue weighted by Crippen LogP contribution is -2.23. The summed E-state index contributed by atoms with van der Waals surface area (Å²) in [6, 6.07) is 9.22. The summed E-state index contributed by atoms with van der Waals surface area (Å²) >= 11 is 9.48. The van der Waals surface area contributed by atoms with E-state index in [1.165, 1.54) is 22.6 Å². The number of rotatable bonds is 6. The van der Waals surface area contributed by atoms with E-state index < -0.39 is 0 Å². The van der Waals surface area contributed by atoms with Gasteiger partial charge in [0.05, 0.1) is 4.34 Å². The Balaban J connectivity index is 2.05. The molecule has 0 fully saturated rings. The fraction of sp³-hybridized carbons (Fsp3) is 0.429. The van der Waals surface area contributed by atoms with Crippen LogP contribution in [0.1, 0.15) is 48.5 Å². The summed E-state index contributed by atoms with van der Waals surface area (Å²) in [5, 5.41) is 5.86. The van der Waals surface area contributed by atoms with E-state index >= 15 is 0 Å². The maximum atomic E-state index is 5.99. The lowest BCUT2D eigenvalue weighted by Gasteiger charge is -2.21. The lowest BCUT2D eigenvalue weighted by atomic mass is 10.1. The number of thiophene rings is 2. The van der Waals surface area contributed by atoms with Crippen molar-refractivity contribution < 1.29 is 0 Å². The van der Waals surface area contributed by atoms with Gasteiger partial charge in [0.1, 0.15) is 0 Å². The fourth-order valence-corrected chi connectivity index (χ4v) is 3.92. The van der Waals surface area contributed by atoms with E-state index in [1.54, 1.807) is 11.3 Å². The summed E-state index contributed by atoms with van der Waals surface area (Å²) in [5.41, 5.74) is 0. The van der Waals surface area contributed by atoms with Crippen molar-refractivity contribution in [2.75, 3.05) is 0 Å². The van der Waals surface area contributed by atoms with E-state index in [9.17, 15) is 0 Å². The molecule has 0 bridgehead atoms. The molecule has 0 spiro atoms. The van der Waals surface area contributed by atoms with Crippen LogP contribution in [0, 0.1) is 0 Å². The van der Waals surface area contributed by atoms with E-state index in [4.69, 9.17) is 11.6 Å². The Morgan fingerprint density at radius 1 is 1.28 bits per heavy atom. The van der Waals surface area contributed by atoms with Crippen LogP contribution in [0.2, 0.25) is 4.34 Å². The minimum absolute atomic E-state index is 0.348. The molecular formula is C14H18ClNS2. The van der Waals surface area contributed by atoms with Gasteiger partial charge in [0.25, 0.3) is 0 Å². The molecular weight excluding hydrogens is 282 g/mol. The Bertz CT molecular complexity index is 464. The maximum absolute atomic E-state index is 5.99. The van der Waals surface area contributed by atoms with Gasteiger partial charge in [-0.15, -0.1) is 22.7 Å². The number of halogens is 1. The van der Waals surface area contributed by atoms with Crippen molar-refractivity contribution in [3.8, 4) is 0 Å². The lowest BCUT2D eigenvalue weighted by molar-refractivity contribution is 0.449. The van der Waals surface area contributed by atoms with Crippen molar-refractivity contribution in [2.24, 2.45) is 0 Å². The van der Waals surface area contributed by atoms with Crippen molar-refractivity contribution in [3.63, 3.8) is 0 Å². The van der Waals surface area contributed by atoms with Gasteiger partial charge in [-0.05, 0) is 36.9 Å². The topological polar surface area (TPSA) is 12.0 Å². The molecule has 0 aromatic carbocycles. The molecule has 18 heavy (non-hydrogen) atoms. The second-order valence-electron chi connectivity index (χ2n) is 4.39. The van der Waals surface area contributed by atoms with Crippen LogP contribution in [-0.2, 0) is 0 Å². The first-order valence-electron chi connectivity index (χ1n) is 6.25. The molecule has 0 saturated carbocycles. The Hall–Kier alpha value is -0.350. The smallest absolute Gasteiger partial charge is 0.0931 e. The van der Waals surface area contributed by atoms with Gasteiger partial charge in [0.15, 0.2) is 0 Å². The van der Waals surface area contributed by atoms with Gasteiger partial charge in [0.2, 0.25) is 0 Å². The maximum Gasteiger partial charge on any atom is 0.0931 e. The van der Waals surface area contributed by atoms with Gasteiger partial charge < -0.3 is 5.32 Å². The van der Waals surface area contributed by atoms with Crippen LogP contribution in [0.15, 0.2) is 29.6 Å². The van der Waals surface area contributed by atoms with Gasteiger partial charge in [-0.25, -0.2) is 0 Å². The quantitative estimate of drug-likeness (QED) is 0.726. The van der Waals surface area contributed by atoms with Crippen molar-refractivity contribution in [1.82, 2.24) is 5.32 Å². The molecule has 2 aromatic rings. The molecule has 2 rings (SSSR count). The van der Waals surface area contributed by atoms with Crippen molar-refractivity contribution in [2.45, 2.75) is 38.8 Å². The van der Waals surface area contributed by atoms with Gasteiger partial charge in [-0.2, -0.15) is 0 Å². The van der Waals surface area contributed by atoms with Crippen LogP contribution in [0.4, 0.5) is 0 Å². The van der Waals surface area contributed by atoms with Gasteiger partial charge in [-0.1, -0.05) is 31.0 Å². The summed E-state index contributed by atoms with van der Waals surface area (Å²) in [5.74, 6) is 0. The first-order chi connectivity index (χ1) is 8.70. The summed E-state index contributed by atoms with van der Waals surface area (Å²) < 4.78 is 0.863. The van der Waals surface area contributed by atoms with Crippen LogP contribution < -0.4 is 5.32 Å². The molecule has 2 heterocycles. The van der Waals surface area contributed by atoms with Crippen LogP contribution in [0.3, 0.4) is 0 Å². The molecule has 2 unspecified atom stereocenters. The monoisotopic (exact) mass is 299 g/mol. The zero-order chi connectivity index (χ0) is 13.0. The van der Waals surface area contributed by atoms with Crippen molar-refractivity contribution in [1.29, 1.82) is 0 Å². The minimum atomic E-state index is 0.348. The van der Waals surface area contributed by atoms with Crippen LogP contribution in [0.5, 0.6) is 0 Å². The molecule has 2 aromatic heterocycles. The second kappa shape index (κ2) is 6.71. The Labute approximate surface area is 122 Å². The molecule has 0 aliphatic rings. The molecule has 0 amide bonds. The molecule has 0 aliphatic carbocycles. The first kappa shape index (κ1) is 14.1. The Kier molecular flexibility index (Phi) is 5.25. The molecule has 1 N–H and O–H groups in total. The minimum Gasteiger partial charge on any atom is -0.302 e. The average Bonchev–Trinajstić information content (AvgIpc) is 2.98. The highest BCUT2D eigenvalue weighted by Crippen LogP contribution is 2.30. The predicted molar refractivity (Wildman–Crippen MR) is 82.8 cm³/mol. The molecule has 0 radical (unpaired) electrons. The third-order valence-corrected chi connectivity index (χ3v) is 5.34. The van der Waals surface area contributed by atoms with Crippen LogP contribution in [-0.4, -0.2) is 0 Å². The number of hydrogen-bond acceptors (Lipinski definition) is 3. The molecule has 0 aliphatic heterocycles. The van der Waals surface area contributed by atoms with E-state index in [0.717, 1.165) is 4.34 Å². The standard InChI is InChI=1S/C14H18ClNS2/c1-3-5-11(13-6-4-9-17-13)16-10(2)12-7-8-14(15)18-12/h4,6-11,16H,3,5H2,1-2H3. The summed E-state index contributed by atoms with van der Waals surface area (Å²) in [6.45, 7) is 4.44. The van der Waals surface area contributed by atoms with E-state index in [1.807, 2.05) is 17.4 Å². The van der Waals surface area contributed by atoms with Crippen molar-refractivity contribution in [3.05, 3.63) is 43.7 Å². The summed E-state index contributed by atoms with van der Waals surface area (Å²) in [6.07, 6.45) is 2.36. The normalized spacial score (nSPS) is 14.6. The highest BCUT2D eigenvalue weighted by molar-refractivity contribution is 7.16. The summed E-state index contributed by atoms with van der Waals surface area (Å²) in [7, 11) is 0. The fourth-order valence-electron chi connectivity index (χ4n) is 2.03. The number of nitrogens with one attached hydrogen (secondary N) is 1. The highest BCUT2D eigenvalue weighted by atomic mass is 35.5.